The lowest BCUT2D eigenvalue weighted by Gasteiger charge is -2.22. The van der Waals surface area contributed by atoms with Crippen molar-refractivity contribution in [2.75, 3.05) is 27.3 Å². The Morgan fingerprint density at radius 2 is 2.13 bits per heavy atom. The topological polar surface area (TPSA) is 55.6 Å². The van der Waals surface area contributed by atoms with Gasteiger partial charge in [-0.1, -0.05) is 20.3 Å². The molecule has 2 atom stereocenters. The maximum atomic E-state index is 11.7. The van der Waals surface area contributed by atoms with Gasteiger partial charge in [-0.25, -0.2) is 0 Å². The molecule has 4 heteroatoms. The van der Waals surface area contributed by atoms with Gasteiger partial charge in [-0.2, -0.15) is 0 Å². The molecule has 0 aromatic rings. The minimum atomic E-state index is -0.0964. The van der Waals surface area contributed by atoms with Gasteiger partial charge in [-0.05, 0) is 5.92 Å². The van der Waals surface area contributed by atoms with Crippen molar-refractivity contribution in [1.29, 1.82) is 0 Å². The molecule has 0 aliphatic rings. The maximum Gasteiger partial charge on any atom is 0.222 e. The summed E-state index contributed by atoms with van der Waals surface area (Å²) >= 11 is 0. The van der Waals surface area contributed by atoms with Crippen molar-refractivity contribution in [2.24, 2.45) is 11.7 Å². The van der Waals surface area contributed by atoms with Crippen molar-refractivity contribution in [1.82, 2.24) is 4.90 Å². The molecule has 2 N–H and O–H groups in total. The minimum absolute atomic E-state index is 0.0964. The third kappa shape index (κ3) is 6.47. The van der Waals surface area contributed by atoms with Crippen LogP contribution < -0.4 is 5.73 Å². The molecule has 2 unspecified atom stereocenters. The summed E-state index contributed by atoms with van der Waals surface area (Å²) in [6.07, 6.45) is 1.64. The molecule has 0 heterocycles. The summed E-state index contributed by atoms with van der Waals surface area (Å²) < 4.78 is 4.92. The summed E-state index contributed by atoms with van der Waals surface area (Å²) in [6, 6.07) is -0.0964. The van der Waals surface area contributed by atoms with Gasteiger partial charge in [0.15, 0.2) is 0 Å². The number of hydrogen-bond acceptors (Lipinski definition) is 3. The Balaban J connectivity index is 3.87. The molecule has 4 nitrogen and oxygen atoms in total. The van der Waals surface area contributed by atoms with Gasteiger partial charge in [-0.15, -0.1) is 0 Å². The van der Waals surface area contributed by atoms with E-state index in [4.69, 9.17) is 10.5 Å². The first-order chi connectivity index (χ1) is 7.01. The van der Waals surface area contributed by atoms with Crippen LogP contribution in [0, 0.1) is 5.92 Å². The van der Waals surface area contributed by atoms with Crippen molar-refractivity contribution in [2.45, 2.75) is 32.7 Å². The van der Waals surface area contributed by atoms with Gasteiger partial charge >= 0.3 is 0 Å². The lowest BCUT2D eigenvalue weighted by molar-refractivity contribution is -0.131. The van der Waals surface area contributed by atoms with E-state index in [1.807, 2.05) is 0 Å². The molecular weight excluding hydrogens is 192 g/mol. The number of amides is 1. The zero-order valence-corrected chi connectivity index (χ0v) is 10.3. The summed E-state index contributed by atoms with van der Waals surface area (Å²) in [5.74, 6) is 0.606. The summed E-state index contributed by atoms with van der Waals surface area (Å²) in [7, 11) is 3.40. The second-order valence-corrected chi connectivity index (χ2v) is 4.21. The molecule has 0 aromatic heterocycles. The number of methoxy groups -OCH3 is 1. The number of nitrogens with zero attached hydrogens (tertiary/aromatic N) is 1. The summed E-state index contributed by atoms with van der Waals surface area (Å²) in [5.41, 5.74) is 5.77. The zero-order valence-electron chi connectivity index (χ0n) is 10.3. The lowest BCUT2D eigenvalue weighted by atomic mass is 10.0. The normalized spacial score (nSPS) is 14.7. The third-order valence-corrected chi connectivity index (χ3v) is 2.53. The van der Waals surface area contributed by atoms with Gasteiger partial charge in [0, 0.05) is 33.2 Å². The van der Waals surface area contributed by atoms with Gasteiger partial charge in [0.05, 0.1) is 6.61 Å². The molecule has 0 aliphatic heterocycles. The molecule has 0 saturated heterocycles. The van der Waals surface area contributed by atoms with Crippen LogP contribution in [-0.2, 0) is 9.53 Å². The van der Waals surface area contributed by atoms with Crippen molar-refractivity contribution in [3.63, 3.8) is 0 Å². The van der Waals surface area contributed by atoms with E-state index in [1.54, 1.807) is 19.1 Å². The van der Waals surface area contributed by atoms with Crippen LogP contribution in [-0.4, -0.2) is 44.2 Å². The molecule has 0 bridgehead atoms. The average Bonchev–Trinajstić information content (AvgIpc) is 2.17. The van der Waals surface area contributed by atoms with Gasteiger partial charge < -0.3 is 15.4 Å². The fourth-order valence-electron chi connectivity index (χ4n) is 1.32. The Hall–Kier alpha value is -0.610. The van der Waals surface area contributed by atoms with E-state index in [9.17, 15) is 4.79 Å². The number of ether oxygens (including phenoxy) is 1. The van der Waals surface area contributed by atoms with Crippen molar-refractivity contribution < 1.29 is 9.53 Å². The Kier molecular flexibility index (Phi) is 7.34. The van der Waals surface area contributed by atoms with Gasteiger partial charge in [0.1, 0.15) is 0 Å². The first-order valence-corrected chi connectivity index (χ1v) is 5.49. The summed E-state index contributed by atoms with van der Waals surface area (Å²) in [6.45, 7) is 5.22. The quantitative estimate of drug-likeness (QED) is 0.686. The Labute approximate surface area is 92.8 Å². The zero-order chi connectivity index (χ0) is 11.8. The molecule has 0 spiro atoms. The van der Waals surface area contributed by atoms with E-state index in [1.165, 1.54) is 0 Å². The van der Waals surface area contributed by atoms with E-state index >= 15 is 0 Å². The Morgan fingerprint density at radius 1 is 1.53 bits per heavy atom. The molecule has 1 amide bonds. The number of nitrogens with two attached hydrogens (primary N) is 1. The van der Waals surface area contributed by atoms with E-state index in [2.05, 4.69) is 13.8 Å². The average molecular weight is 216 g/mol. The molecule has 0 saturated carbocycles. The number of carbonyl (C=O) groups excluding carboxylic acids is 1. The van der Waals surface area contributed by atoms with E-state index < -0.39 is 0 Å². The molecule has 0 aliphatic carbocycles. The fourth-order valence-corrected chi connectivity index (χ4v) is 1.32. The second-order valence-electron chi connectivity index (χ2n) is 4.21. The first kappa shape index (κ1) is 14.4. The number of rotatable bonds is 7. The van der Waals surface area contributed by atoms with Gasteiger partial charge in [-0.3, -0.25) is 4.79 Å². The molecule has 0 rings (SSSR count). The van der Waals surface area contributed by atoms with E-state index in [0.29, 0.717) is 25.5 Å². The summed E-state index contributed by atoms with van der Waals surface area (Å²) in [4.78, 5) is 13.4. The van der Waals surface area contributed by atoms with Crippen molar-refractivity contribution >= 4 is 5.91 Å². The molecule has 90 valence electrons. The molecule has 0 aromatic carbocycles. The predicted octanol–water partition coefficient (Wildman–Crippen LogP) is 0.855. The van der Waals surface area contributed by atoms with Crippen LogP contribution in [0.2, 0.25) is 0 Å². The number of likely N-dealkylation sites (N-methyl/N-ethyl adjacent to an activating group) is 1. The molecule has 0 fully saturated rings. The molecular formula is C11H24N2O2. The van der Waals surface area contributed by atoms with Gasteiger partial charge in [0.25, 0.3) is 0 Å². The fraction of sp³-hybridized carbons (Fsp3) is 0.909. The van der Waals surface area contributed by atoms with Crippen LogP contribution >= 0.6 is 0 Å². The largest absolute Gasteiger partial charge is 0.383 e. The first-order valence-electron chi connectivity index (χ1n) is 5.49. The minimum Gasteiger partial charge on any atom is -0.383 e. The van der Waals surface area contributed by atoms with Crippen LogP contribution in [0.5, 0.6) is 0 Å². The van der Waals surface area contributed by atoms with Crippen molar-refractivity contribution in [3.05, 3.63) is 0 Å². The Bertz CT molecular complexity index is 185. The smallest absolute Gasteiger partial charge is 0.222 e. The standard InChI is InChI=1S/C11H24N2O2/c1-5-9(2)6-11(14)13(3)7-10(12)8-15-4/h9-10H,5-8,12H2,1-4H3. The second kappa shape index (κ2) is 7.65. The van der Waals surface area contributed by atoms with Crippen LogP contribution in [0.1, 0.15) is 26.7 Å². The highest BCUT2D eigenvalue weighted by molar-refractivity contribution is 5.76. The predicted molar refractivity (Wildman–Crippen MR) is 61.6 cm³/mol. The number of carbonyl (C=O) groups is 1. The molecule has 0 radical (unpaired) electrons. The van der Waals surface area contributed by atoms with E-state index in [-0.39, 0.29) is 11.9 Å². The molecule has 15 heavy (non-hydrogen) atoms. The monoisotopic (exact) mass is 216 g/mol. The highest BCUT2D eigenvalue weighted by atomic mass is 16.5. The third-order valence-electron chi connectivity index (χ3n) is 2.53. The van der Waals surface area contributed by atoms with Crippen LogP contribution in [0.15, 0.2) is 0 Å². The van der Waals surface area contributed by atoms with E-state index in [0.717, 1.165) is 6.42 Å². The summed E-state index contributed by atoms with van der Waals surface area (Å²) in [5, 5.41) is 0. The number of hydrogen-bond donors (Lipinski definition) is 1. The maximum absolute atomic E-state index is 11.7. The SMILES string of the molecule is CCC(C)CC(=O)N(C)CC(N)COC. The highest BCUT2D eigenvalue weighted by Crippen LogP contribution is 2.08. The van der Waals surface area contributed by atoms with Gasteiger partial charge in [0.2, 0.25) is 5.91 Å². The van der Waals surface area contributed by atoms with Crippen LogP contribution in [0.4, 0.5) is 0 Å². The van der Waals surface area contributed by atoms with Crippen LogP contribution in [0.3, 0.4) is 0 Å². The highest BCUT2D eigenvalue weighted by Gasteiger charge is 2.14. The van der Waals surface area contributed by atoms with Crippen molar-refractivity contribution in [3.8, 4) is 0 Å². The lowest BCUT2D eigenvalue weighted by Crippen LogP contribution is -2.41. The Morgan fingerprint density at radius 3 is 2.60 bits per heavy atom. The van der Waals surface area contributed by atoms with Crippen LogP contribution in [0.25, 0.3) is 0 Å².